The monoisotopic (exact) mass is 522 g/mol. The molecule has 2 heterocycles. The summed E-state index contributed by atoms with van der Waals surface area (Å²) in [5.41, 5.74) is 4.51. The number of sulfonamides is 1. The van der Waals surface area contributed by atoms with Gasteiger partial charge in [-0.25, -0.2) is 17.7 Å². The second kappa shape index (κ2) is 10.6. The average molecular weight is 523 g/mol. The van der Waals surface area contributed by atoms with Crippen LogP contribution in [0.1, 0.15) is 43.4 Å². The van der Waals surface area contributed by atoms with Crippen LogP contribution in [0.3, 0.4) is 0 Å². The van der Waals surface area contributed by atoms with Crippen LogP contribution in [0.4, 0.5) is 28.8 Å². The zero-order chi connectivity index (χ0) is 26.7. The summed E-state index contributed by atoms with van der Waals surface area (Å²) in [6.45, 7) is 6.89. The Morgan fingerprint density at radius 1 is 1.03 bits per heavy atom. The van der Waals surface area contributed by atoms with Crippen LogP contribution in [0.15, 0.2) is 47.5 Å². The van der Waals surface area contributed by atoms with Crippen molar-refractivity contribution in [1.82, 2.24) is 14.3 Å². The van der Waals surface area contributed by atoms with E-state index in [-0.39, 0.29) is 29.7 Å². The fraction of sp³-hybridized carbons (Fsp3) is 0.308. The summed E-state index contributed by atoms with van der Waals surface area (Å²) in [6.07, 6.45) is 2.88. The van der Waals surface area contributed by atoms with Crippen molar-refractivity contribution in [3.8, 4) is 0 Å². The molecule has 194 valence electrons. The van der Waals surface area contributed by atoms with Gasteiger partial charge in [-0.05, 0) is 68.7 Å². The second-order valence-electron chi connectivity index (χ2n) is 8.79. The zero-order valence-corrected chi connectivity index (χ0v) is 22.1. The minimum absolute atomic E-state index is 0.0157. The number of hydrogen-bond acceptors (Lipinski definition) is 8. The van der Waals surface area contributed by atoms with Crippen molar-refractivity contribution in [2.45, 2.75) is 51.9 Å². The third-order valence-corrected chi connectivity index (χ3v) is 8.15. The Kier molecular flexibility index (Phi) is 7.44. The van der Waals surface area contributed by atoms with Crippen LogP contribution >= 0.6 is 0 Å². The largest absolute Gasteiger partial charge is 0.340 e. The van der Waals surface area contributed by atoms with Gasteiger partial charge in [0.2, 0.25) is 17.8 Å². The lowest BCUT2D eigenvalue weighted by molar-refractivity contribution is -0.126. The molecule has 0 radical (unpaired) electrons. The maximum atomic E-state index is 13.2. The first-order valence-electron chi connectivity index (χ1n) is 12.1. The van der Waals surface area contributed by atoms with Gasteiger partial charge in [0.15, 0.2) is 0 Å². The molecular weight excluding hydrogens is 492 g/mol. The van der Waals surface area contributed by atoms with Gasteiger partial charge in [-0.15, -0.1) is 0 Å². The van der Waals surface area contributed by atoms with Crippen molar-refractivity contribution in [2.75, 3.05) is 22.5 Å². The van der Waals surface area contributed by atoms with E-state index >= 15 is 0 Å². The molecule has 0 atom stereocenters. The predicted octanol–water partition coefficient (Wildman–Crippen LogP) is 4.41. The van der Waals surface area contributed by atoms with Gasteiger partial charge in [0, 0.05) is 48.2 Å². The van der Waals surface area contributed by atoms with E-state index in [1.54, 1.807) is 39.1 Å². The molecule has 4 rings (SSSR count). The van der Waals surface area contributed by atoms with Gasteiger partial charge >= 0.3 is 0 Å². The van der Waals surface area contributed by atoms with Crippen LogP contribution in [0.5, 0.6) is 0 Å². The lowest BCUT2D eigenvalue weighted by Gasteiger charge is -2.22. The molecule has 3 N–H and O–H groups in total. The number of carbonyl (C=O) groups excluding carboxylic acids is 2. The molecule has 0 saturated carbocycles. The lowest BCUT2D eigenvalue weighted by atomic mass is 10.0. The summed E-state index contributed by atoms with van der Waals surface area (Å²) in [7, 11) is -4.01. The van der Waals surface area contributed by atoms with E-state index in [0.717, 1.165) is 26.8 Å². The first-order valence-corrected chi connectivity index (χ1v) is 13.5. The number of fused-ring (bicyclic) bond motifs is 1. The topological polar surface area (TPSA) is 133 Å². The third-order valence-electron chi connectivity index (χ3n) is 6.12. The number of benzene rings is 2. The number of aryl methyl sites for hydroxylation is 3. The Bertz CT molecular complexity index is 1470. The van der Waals surface area contributed by atoms with Crippen molar-refractivity contribution < 1.29 is 18.0 Å². The standard InChI is InChI=1S/C26H30N6O4S/c1-5-24(34)32(6-2)37(35,36)22-14-20(9-7-16(22)3)29-26-27-15-17(4)25(31-26)28-19-10-11-21-18(13-19)8-12-23(33)30-21/h7,9-11,13-15H,5-6,8,12H2,1-4H3,(H,30,33)(H2,27,28,29,31). The molecule has 1 aliphatic rings. The van der Waals surface area contributed by atoms with Crippen molar-refractivity contribution in [2.24, 2.45) is 0 Å². The molecule has 11 heteroatoms. The predicted molar refractivity (Wildman–Crippen MR) is 143 cm³/mol. The minimum Gasteiger partial charge on any atom is -0.340 e. The summed E-state index contributed by atoms with van der Waals surface area (Å²) < 4.78 is 27.3. The highest BCUT2D eigenvalue weighted by atomic mass is 32.2. The average Bonchev–Trinajstić information content (AvgIpc) is 2.87. The van der Waals surface area contributed by atoms with Gasteiger partial charge in [-0.2, -0.15) is 4.98 Å². The first-order chi connectivity index (χ1) is 17.6. The van der Waals surface area contributed by atoms with E-state index < -0.39 is 15.9 Å². The Morgan fingerprint density at radius 3 is 2.49 bits per heavy atom. The molecule has 1 aromatic heterocycles. The summed E-state index contributed by atoms with van der Waals surface area (Å²) in [5, 5.41) is 9.25. The Labute approximate surface area is 216 Å². The lowest BCUT2D eigenvalue weighted by Crippen LogP contribution is -2.36. The van der Waals surface area contributed by atoms with Gasteiger partial charge in [-0.1, -0.05) is 13.0 Å². The quantitative estimate of drug-likeness (QED) is 0.396. The van der Waals surface area contributed by atoms with Crippen LogP contribution in [-0.4, -0.2) is 41.1 Å². The minimum atomic E-state index is -4.01. The van der Waals surface area contributed by atoms with Crippen LogP contribution in [-0.2, 0) is 26.0 Å². The number of nitrogens with one attached hydrogen (secondary N) is 3. The molecule has 37 heavy (non-hydrogen) atoms. The zero-order valence-electron chi connectivity index (χ0n) is 21.3. The number of rotatable bonds is 8. The van der Waals surface area contributed by atoms with Crippen LogP contribution in [0.25, 0.3) is 0 Å². The van der Waals surface area contributed by atoms with E-state index in [1.807, 2.05) is 25.1 Å². The molecule has 0 bridgehead atoms. The van der Waals surface area contributed by atoms with Crippen LogP contribution in [0, 0.1) is 13.8 Å². The van der Waals surface area contributed by atoms with Gasteiger partial charge < -0.3 is 16.0 Å². The third kappa shape index (κ3) is 5.56. The van der Waals surface area contributed by atoms with Gasteiger partial charge in [-0.3, -0.25) is 9.59 Å². The molecule has 3 aromatic rings. The molecular formula is C26H30N6O4S. The molecule has 0 aliphatic carbocycles. The molecule has 0 spiro atoms. The van der Waals surface area contributed by atoms with E-state index in [4.69, 9.17) is 0 Å². The molecule has 0 fully saturated rings. The summed E-state index contributed by atoms with van der Waals surface area (Å²) in [4.78, 5) is 32.8. The van der Waals surface area contributed by atoms with Gasteiger partial charge in [0.25, 0.3) is 10.0 Å². The highest BCUT2D eigenvalue weighted by Gasteiger charge is 2.28. The summed E-state index contributed by atoms with van der Waals surface area (Å²) in [6, 6.07) is 10.6. The Balaban J connectivity index is 1.59. The molecule has 0 saturated heterocycles. The van der Waals surface area contributed by atoms with E-state index in [2.05, 4.69) is 25.9 Å². The van der Waals surface area contributed by atoms with Crippen molar-refractivity contribution in [3.63, 3.8) is 0 Å². The Morgan fingerprint density at radius 2 is 1.76 bits per heavy atom. The number of aromatic nitrogens is 2. The molecule has 1 aliphatic heterocycles. The molecule has 0 unspecified atom stereocenters. The van der Waals surface area contributed by atoms with E-state index in [1.165, 1.54) is 6.07 Å². The number of carbonyl (C=O) groups is 2. The van der Waals surface area contributed by atoms with Crippen molar-refractivity contribution >= 4 is 50.7 Å². The number of hydrogen-bond donors (Lipinski definition) is 3. The Hall–Kier alpha value is -3.99. The van der Waals surface area contributed by atoms with Gasteiger partial charge in [0.1, 0.15) is 5.82 Å². The maximum Gasteiger partial charge on any atom is 0.266 e. The molecule has 10 nitrogen and oxygen atoms in total. The van der Waals surface area contributed by atoms with Crippen LogP contribution < -0.4 is 16.0 Å². The number of amides is 2. The number of anilines is 5. The highest BCUT2D eigenvalue weighted by Crippen LogP contribution is 2.29. The summed E-state index contributed by atoms with van der Waals surface area (Å²) in [5.74, 6) is 0.426. The fourth-order valence-corrected chi connectivity index (χ4v) is 5.81. The smallest absolute Gasteiger partial charge is 0.266 e. The fourth-order valence-electron chi connectivity index (χ4n) is 4.09. The van der Waals surface area contributed by atoms with Crippen LogP contribution in [0.2, 0.25) is 0 Å². The van der Waals surface area contributed by atoms with Crippen molar-refractivity contribution in [3.05, 3.63) is 59.3 Å². The second-order valence-corrected chi connectivity index (χ2v) is 10.6. The van der Waals surface area contributed by atoms with Crippen molar-refractivity contribution in [1.29, 1.82) is 0 Å². The first kappa shape index (κ1) is 26.1. The molecule has 2 amide bonds. The number of nitrogens with zero attached hydrogens (tertiary/aromatic N) is 3. The highest BCUT2D eigenvalue weighted by molar-refractivity contribution is 7.89. The summed E-state index contributed by atoms with van der Waals surface area (Å²) >= 11 is 0. The normalized spacial score (nSPS) is 12.9. The van der Waals surface area contributed by atoms with E-state index in [9.17, 15) is 18.0 Å². The van der Waals surface area contributed by atoms with E-state index in [0.29, 0.717) is 29.9 Å². The van der Waals surface area contributed by atoms with Gasteiger partial charge in [0.05, 0.1) is 4.90 Å². The molecule has 2 aromatic carbocycles. The maximum absolute atomic E-state index is 13.2. The SMILES string of the molecule is CCC(=O)N(CC)S(=O)(=O)c1cc(Nc2ncc(C)c(Nc3ccc4c(c3)CCC(=O)N4)n2)ccc1C.